The lowest BCUT2D eigenvalue weighted by atomic mass is 10.2. The van der Waals surface area contributed by atoms with E-state index < -0.39 is 11.6 Å². The first kappa shape index (κ1) is 13.6. The van der Waals surface area contributed by atoms with Crippen LogP contribution in [0.1, 0.15) is 10.4 Å². The van der Waals surface area contributed by atoms with Crippen molar-refractivity contribution in [1.29, 1.82) is 0 Å². The highest BCUT2D eigenvalue weighted by molar-refractivity contribution is 5.94. The van der Waals surface area contributed by atoms with E-state index >= 15 is 0 Å². The summed E-state index contributed by atoms with van der Waals surface area (Å²) in [6.07, 6.45) is 0. The molecule has 0 bridgehead atoms. The van der Waals surface area contributed by atoms with E-state index in [9.17, 15) is 13.6 Å². The first-order chi connectivity index (χ1) is 7.90. The summed E-state index contributed by atoms with van der Waals surface area (Å²) in [5.41, 5.74) is 0.0313. The monoisotopic (exact) mass is 242 g/mol. The van der Waals surface area contributed by atoms with Gasteiger partial charge in [0.25, 0.3) is 5.91 Å². The molecule has 0 heterocycles. The molecule has 0 atom stereocenters. The number of hydrogen-bond donors (Lipinski definition) is 0. The lowest BCUT2D eigenvalue weighted by Gasteiger charge is -2.19. The summed E-state index contributed by atoms with van der Waals surface area (Å²) in [6.45, 7) is 1.20. The molecule has 94 valence electrons. The zero-order valence-corrected chi connectivity index (χ0v) is 10.2. The van der Waals surface area contributed by atoms with E-state index in [0.717, 1.165) is 18.2 Å². The molecule has 0 aliphatic carbocycles. The maximum absolute atomic E-state index is 12.9. The predicted octanol–water partition coefficient (Wildman–Crippen LogP) is 1.60. The zero-order chi connectivity index (χ0) is 13.0. The van der Waals surface area contributed by atoms with Gasteiger partial charge in [0.15, 0.2) is 0 Å². The van der Waals surface area contributed by atoms with Gasteiger partial charge in [-0.1, -0.05) is 0 Å². The van der Waals surface area contributed by atoms with Crippen LogP contribution in [0.25, 0.3) is 0 Å². The van der Waals surface area contributed by atoms with Gasteiger partial charge in [-0.05, 0) is 26.2 Å². The lowest BCUT2D eigenvalue weighted by molar-refractivity contribution is 0.0785. The topological polar surface area (TPSA) is 23.6 Å². The van der Waals surface area contributed by atoms with E-state index in [1.54, 1.807) is 7.05 Å². The third-order valence-corrected chi connectivity index (χ3v) is 2.34. The standard InChI is InChI=1S/C12H16F2N2O/c1-15(2)4-5-16(3)12(17)9-6-10(13)8-11(14)7-9/h6-8H,4-5H2,1-3H3. The highest BCUT2D eigenvalue weighted by atomic mass is 19.1. The maximum atomic E-state index is 12.9. The van der Waals surface area contributed by atoms with Gasteiger partial charge in [-0.15, -0.1) is 0 Å². The van der Waals surface area contributed by atoms with E-state index in [2.05, 4.69) is 0 Å². The second kappa shape index (κ2) is 5.72. The molecule has 0 radical (unpaired) electrons. The van der Waals surface area contributed by atoms with Gasteiger partial charge in [-0.2, -0.15) is 0 Å². The minimum Gasteiger partial charge on any atom is -0.340 e. The molecular weight excluding hydrogens is 226 g/mol. The Labute approximate surface area is 99.6 Å². The number of likely N-dealkylation sites (N-methyl/N-ethyl adjacent to an activating group) is 2. The third kappa shape index (κ3) is 4.11. The fraction of sp³-hybridized carbons (Fsp3) is 0.417. The van der Waals surface area contributed by atoms with Gasteiger partial charge in [0.1, 0.15) is 11.6 Å². The molecule has 1 rings (SSSR count). The fourth-order valence-corrected chi connectivity index (χ4v) is 1.35. The normalized spacial score (nSPS) is 10.7. The van der Waals surface area contributed by atoms with E-state index in [1.807, 2.05) is 19.0 Å². The summed E-state index contributed by atoms with van der Waals surface area (Å²) in [5.74, 6) is -1.87. The van der Waals surface area contributed by atoms with Crippen molar-refractivity contribution in [3.05, 3.63) is 35.4 Å². The van der Waals surface area contributed by atoms with Gasteiger partial charge < -0.3 is 9.80 Å². The number of carbonyl (C=O) groups excluding carboxylic acids is 1. The summed E-state index contributed by atoms with van der Waals surface area (Å²) in [6, 6.07) is 2.83. The second-order valence-corrected chi connectivity index (χ2v) is 4.19. The van der Waals surface area contributed by atoms with Crippen LogP contribution in [0.4, 0.5) is 8.78 Å². The van der Waals surface area contributed by atoms with Gasteiger partial charge in [0.05, 0.1) is 0 Å². The van der Waals surface area contributed by atoms with Gasteiger partial charge in [0.2, 0.25) is 0 Å². The van der Waals surface area contributed by atoms with Crippen molar-refractivity contribution in [2.45, 2.75) is 0 Å². The summed E-state index contributed by atoms with van der Waals surface area (Å²) >= 11 is 0. The average molecular weight is 242 g/mol. The van der Waals surface area contributed by atoms with Crippen molar-refractivity contribution >= 4 is 5.91 Å². The largest absolute Gasteiger partial charge is 0.340 e. The third-order valence-electron chi connectivity index (χ3n) is 2.34. The van der Waals surface area contributed by atoms with Crippen LogP contribution in [-0.4, -0.2) is 49.9 Å². The molecule has 0 fully saturated rings. The quantitative estimate of drug-likeness (QED) is 0.800. The van der Waals surface area contributed by atoms with E-state index in [-0.39, 0.29) is 11.5 Å². The van der Waals surface area contributed by atoms with Crippen LogP contribution in [0.5, 0.6) is 0 Å². The molecule has 1 amide bonds. The number of halogens is 2. The minimum absolute atomic E-state index is 0.0313. The number of hydrogen-bond acceptors (Lipinski definition) is 2. The minimum atomic E-state index is -0.741. The second-order valence-electron chi connectivity index (χ2n) is 4.19. The molecule has 3 nitrogen and oxygen atoms in total. The molecule has 0 unspecified atom stereocenters. The van der Waals surface area contributed by atoms with Crippen LogP contribution >= 0.6 is 0 Å². The van der Waals surface area contributed by atoms with Gasteiger partial charge in [0, 0.05) is 31.8 Å². The molecule has 0 aromatic heterocycles. The number of benzene rings is 1. The van der Waals surface area contributed by atoms with Gasteiger partial charge >= 0.3 is 0 Å². The van der Waals surface area contributed by atoms with Crippen molar-refractivity contribution in [3.63, 3.8) is 0 Å². The zero-order valence-electron chi connectivity index (χ0n) is 10.2. The maximum Gasteiger partial charge on any atom is 0.253 e. The van der Waals surface area contributed by atoms with E-state index in [1.165, 1.54) is 4.90 Å². The van der Waals surface area contributed by atoms with Gasteiger partial charge in [-0.3, -0.25) is 4.79 Å². The molecule has 17 heavy (non-hydrogen) atoms. The Morgan fingerprint density at radius 2 is 1.59 bits per heavy atom. The molecule has 0 spiro atoms. The van der Waals surface area contributed by atoms with Crippen LogP contribution in [0.15, 0.2) is 18.2 Å². The summed E-state index contributed by atoms with van der Waals surface area (Å²) in [4.78, 5) is 15.2. The Morgan fingerprint density at radius 1 is 1.06 bits per heavy atom. The molecule has 0 aliphatic heterocycles. The summed E-state index contributed by atoms with van der Waals surface area (Å²) in [5, 5.41) is 0. The molecule has 0 saturated heterocycles. The Balaban J connectivity index is 2.74. The molecule has 0 aliphatic rings. The number of carbonyl (C=O) groups is 1. The van der Waals surface area contributed by atoms with Crippen molar-refractivity contribution in [1.82, 2.24) is 9.80 Å². The smallest absolute Gasteiger partial charge is 0.253 e. The molecule has 1 aromatic carbocycles. The van der Waals surface area contributed by atoms with Crippen molar-refractivity contribution in [3.8, 4) is 0 Å². The Hall–Kier alpha value is -1.49. The Morgan fingerprint density at radius 3 is 2.06 bits per heavy atom. The van der Waals surface area contributed by atoms with Crippen LogP contribution in [0.2, 0.25) is 0 Å². The van der Waals surface area contributed by atoms with Crippen LogP contribution in [-0.2, 0) is 0 Å². The van der Waals surface area contributed by atoms with Crippen molar-refractivity contribution in [2.24, 2.45) is 0 Å². The molecule has 1 aromatic rings. The Kier molecular flexibility index (Phi) is 4.57. The van der Waals surface area contributed by atoms with Crippen LogP contribution < -0.4 is 0 Å². The van der Waals surface area contributed by atoms with E-state index in [0.29, 0.717) is 13.1 Å². The Bertz CT molecular complexity index is 387. The lowest BCUT2D eigenvalue weighted by Crippen LogP contribution is -2.33. The SMILES string of the molecule is CN(C)CCN(C)C(=O)c1cc(F)cc(F)c1. The molecule has 5 heteroatoms. The van der Waals surface area contributed by atoms with Gasteiger partial charge in [-0.25, -0.2) is 8.78 Å². The summed E-state index contributed by atoms with van der Waals surface area (Å²) < 4.78 is 25.9. The average Bonchev–Trinajstić information content (AvgIpc) is 2.23. The molecule has 0 saturated carbocycles. The van der Waals surface area contributed by atoms with Crippen molar-refractivity contribution in [2.75, 3.05) is 34.2 Å². The first-order valence-electron chi connectivity index (χ1n) is 5.26. The number of rotatable bonds is 4. The predicted molar refractivity (Wildman–Crippen MR) is 61.9 cm³/mol. The molecule has 0 N–H and O–H groups in total. The number of amides is 1. The highest BCUT2D eigenvalue weighted by Gasteiger charge is 2.13. The molecular formula is C12H16F2N2O. The summed E-state index contributed by atoms with van der Waals surface area (Å²) in [7, 11) is 5.38. The fourth-order valence-electron chi connectivity index (χ4n) is 1.35. The first-order valence-corrected chi connectivity index (χ1v) is 5.26. The van der Waals surface area contributed by atoms with Crippen LogP contribution in [0.3, 0.4) is 0 Å². The number of nitrogens with zero attached hydrogens (tertiary/aromatic N) is 2. The highest BCUT2D eigenvalue weighted by Crippen LogP contribution is 2.10. The van der Waals surface area contributed by atoms with E-state index in [4.69, 9.17) is 0 Å². The van der Waals surface area contributed by atoms with Crippen LogP contribution in [0, 0.1) is 11.6 Å². The van der Waals surface area contributed by atoms with Crippen molar-refractivity contribution < 1.29 is 13.6 Å².